The van der Waals surface area contributed by atoms with Crippen LogP contribution in [0, 0.1) is 0 Å². The molecule has 17 heavy (non-hydrogen) atoms. The smallest absolute Gasteiger partial charge is 0.257 e. The molecule has 0 saturated heterocycles. The maximum absolute atomic E-state index is 11.7. The van der Waals surface area contributed by atoms with Gasteiger partial charge in [0.05, 0.1) is 11.1 Å². The molecule has 1 N–H and O–H groups in total. The molecule has 0 atom stereocenters. The Morgan fingerprint density at radius 1 is 1.24 bits per heavy atom. The van der Waals surface area contributed by atoms with Crippen LogP contribution in [0.2, 0.25) is 0 Å². The van der Waals surface area contributed by atoms with E-state index in [2.05, 4.69) is 4.98 Å². The summed E-state index contributed by atoms with van der Waals surface area (Å²) in [6.07, 6.45) is 0. The Bertz CT molecular complexity index is 652. The van der Waals surface area contributed by atoms with Crippen molar-refractivity contribution in [3.8, 4) is 5.88 Å². The first-order valence-electron chi connectivity index (χ1n) is 5.36. The number of ketones is 1. The van der Waals surface area contributed by atoms with Gasteiger partial charge in [-0.3, -0.25) is 14.6 Å². The van der Waals surface area contributed by atoms with Gasteiger partial charge >= 0.3 is 0 Å². The highest BCUT2D eigenvalue weighted by Gasteiger charge is 2.27. The van der Waals surface area contributed by atoms with E-state index in [1.165, 1.54) is 6.92 Å². The van der Waals surface area contributed by atoms with Crippen LogP contribution in [0.25, 0.3) is 16.5 Å². The summed E-state index contributed by atoms with van der Waals surface area (Å²) in [5, 5.41) is 0.968. The maximum atomic E-state index is 11.7. The average Bonchev–Trinajstić information content (AvgIpc) is 2.67. The van der Waals surface area contributed by atoms with Gasteiger partial charge in [0.1, 0.15) is 0 Å². The minimum absolute atomic E-state index is 0.0307. The molecule has 0 spiro atoms. The number of aromatic nitrogens is 1. The Hall–Kier alpha value is -2.23. The fourth-order valence-corrected chi connectivity index (χ4v) is 2.17. The zero-order valence-corrected chi connectivity index (χ0v) is 9.53. The molecule has 1 aliphatic rings. The van der Waals surface area contributed by atoms with Crippen molar-refractivity contribution in [2.45, 2.75) is 13.8 Å². The van der Waals surface area contributed by atoms with E-state index in [1.807, 2.05) is 24.3 Å². The summed E-state index contributed by atoms with van der Waals surface area (Å²) < 4.78 is 0. The van der Waals surface area contributed by atoms with Crippen molar-refractivity contribution in [2.24, 2.45) is 0 Å². The molecule has 0 saturated carbocycles. The molecule has 3 rings (SSSR count). The minimum Gasteiger partial charge on any atom is -0.321 e. The van der Waals surface area contributed by atoms with E-state index < -0.39 is 0 Å². The lowest BCUT2D eigenvalue weighted by atomic mass is 10.00. The fraction of sp³-hybridized carbons (Fsp3) is 0.154. The van der Waals surface area contributed by atoms with Crippen molar-refractivity contribution in [3.63, 3.8) is 0 Å². The highest BCUT2D eigenvalue weighted by atomic mass is 17.2. The number of fused-ring (bicyclic) bond motifs is 3. The van der Waals surface area contributed by atoms with Crippen LogP contribution in [0.5, 0.6) is 5.88 Å². The van der Waals surface area contributed by atoms with Crippen molar-refractivity contribution in [1.29, 1.82) is 0 Å². The normalized spacial score (nSPS) is 14.2. The zero-order chi connectivity index (χ0) is 12.0. The van der Waals surface area contributed by atoms with Crippen LogP contribution in [0.4, 0.5) is 0 Å². The van der Waals surface area contributed by atoms with Crippen LogP contribution in [-0.2, 0) is 9.68 Å². The molecule has 1 aliphatic heterocycles. The molecule has 2 aromatic rings. The van der Waals surface area contributed by atoms with Crippen LogP contribution in [0.1, 0.15) is 19.4 Å². The van der Waals surface area contributed by atoms with Crippen molar-refractivity contribution >= 4 is 22.3 Å². The average molecular weight is 229 g/mol. The van der Waals surface area contributed by atoms with Gasteiger partial charge in [-0.2, -0.15) is 0 Å². The molecular weight excluding hydrogens is 218 g/mol. The largest absolute Gasteiger partial charge is 0.321 e. The molecule has 4 nitrogen and oxygen atoms in total. The Labute approximate surface area is 97.8 Å². The van der Waals surface area contributed by atoms with E-state index >= 15 is 0 Å². The van der Waals surface area contributed by atoms with E-state index in [0.717, 1.165) is 16.5 Å². The second-order valence-electron chi connectivity index (χ2n) is 4.03. The molecule has 0 amide bonds. The number of hydrogen-bond donors (Lipinski definition) is 1. The summed E-state index contributed by atoms with van der Waals surface area (Å²) in [6, 6.07) is 7.74. The second kappa shape index (κ2) is 3.38. The lowest BCUT2D eigenvalue weighted by molar-refractivity contribution is -0.171. The molecule has 0 aliphatic carbocycles. The van der Waals surface area contributed by atoms with Crippen molar-refractivity contribution in [2.75, 3.05) is 0 Å². The predicted octanol–water partition coefficient (Wildman–Crippen LogP) is 2.81. The minimum atomic E-state index is -0.0307. The summed E-state index contributed by atoms with van der Waals surface area (Å²) in [5.74, 6) is 0.952. The monoisotopic (exact) mass is 229 g/mol. The molecule has 2 heterocycles. The van der Waals surface area contributed by atoms with Crippen LogP contribution < -0.4 is 4.89 Å². The van der Waals surface area contributed by atoms with Gasteiger partial charge in [-0.15, -0.1) is 0 Å². The summed E-state index contributed by atoms with van der Waals surface area (Å²) in [5.41, 5.74) is 2.29. The van der Waals surface area contributed by atoms with Gasteiger partial charge in [-0.25, -0.2) is 0 Å². The van der Waals surface area contributed by atoms with Crippen molar-refractivity contribution in [1.82, 2.24) is 4.98 Å². The summed E-state index contributed by atoms with van der Waals surface area (Å²) in [4.78, 5) is 25.0. The SMILES string of the molecule is CC(=O)C1=C(C)OOc2[nH]c3ccccc3c21. The number of para-hydroxylation sites is 1. The summed E-state index contributed by atoms with van der Waals surface area (Å²) in [6.45, 7) is 3.25. The summed E-state index contributed by atoms with van der Waals surface area (Å²) in [7, 11) is 0. The van der Waals surface area contributed by atoms with Gasteiger partial charge in [-0.1, -0.05) is 18.2 Å². The number of carbonyl (C=O) groups is 1. The lowest BCUT2D eigenvalue weighted by Gasteiger charge is -2.15. The Morgan fingerprint density at radius 3 is 2.76 bits per heavy atom. The van der Waals surface area contributed by atoms with Crippen molar-refractivity contribution < 1.29 is 14.6 Å². The fourth-order valence-electron chi connectivity index (χ4n) is 2.17. The Kier molecular flexibility index (Phi) is 1.98. The molecule has 1 aromatic heterocycles. The van der Waals surface area contributed by atoms with Gasteiger partial charge in [-0.05, 0) is 19.9 Å². The quantitative estimate of drug-likeness (QED) is 0.765. The predicted molar refractivity (Wildman–Crippen MR) is 63.3 cm³/mol. The zero-order valence-electron chi connectivity index (χ0n) is 9.53. The van der Waals surface area contributed by atoms with Crippen molar-refractivity contribution in [3.05, 3.63) is 35.6 Å². The van der Waals surface area contributed by atoms with E-state index in [1.54, 1.807) is 6.92 Å². The third-order valence-electron chi connectivity index (χ3n) is 2.88. The number of H-pyrrole nitrogens is 1. The van der Waals surface area contributed by atoms with Gasteiger partial charge in [0.25, 0.3) is 5.88 Å². The first-order chi connectivity index (χ1) is 8.18. The van der Waals surface area contributed by atoms with E-state index in [0.29, 0.717) is 17.2 Å². The number of hydrogen-bond acceptors (Lipinski definition) is 3. The van der Waals surface area contributed by atoms with Gasteiger partial charge < -0.3 is 4.98 Å². The molecule has 4 heteroatoms. The molecule has 0 fully saturated rings. The van der Waals surface area contributed by atoms with Crippen LogP contribution in [0.15, 0.2) is 30.0 Å². The summed E-state index contributed by atoms with van der Waals surface area (Å²) >= 11 is 0. The number of nitrogens with one attached hydrogen (secondary N) is 1. The van der Waals surface area contributed by atoms with E-state index in [4.69, 9.17) is 9.78 Å². The maximum Gasteiger partial charge on any atom is 0.257 e. The van der Waals surface area contributed by atoms with Crippen LogP contribution >= 0.6 is 0 Å². The molecular formula is C13H11NO3. The van der Waals surface area contributed by atoms with E-state index in [-0.39, 0.29) is 5.78 Å². The van der Waals surface area contributed by atoms with Crippen LogP contribution in [0.3, 0.4) is 0 Å². The number of allylic oxidation sites excluding steroid dienone is 2. The topological polar surface area (TPSA) is 51.3 Å². The number of benzene rings is 1. The van der Waals surface area contributed by atoms with Gasteiger partial charge in [0, 0.05) is 10.9 Å². The van der Waals surface area contributed by atoms with Gasteiger partial charge in [0.15, 0.2) is 11.5 Å². The highest BCUT2D eigenvalue weighted by molar-refractivity contribution is 6.24. The number of rotatable bonds is 1. The first-order valence-corrected chi connectivity index (χ1v) is 5.36. The number of Topliss-reactive ketones (excluding diaryl/α,β-unsaturated/α-hetero) is 1. The number of aromatic amines is 1. The third-order valence-corrected chi connectivity index (χ3v) is 2.88. The molecule has 86 valence electrons. The first kappa shape index (κ1) is 9.96. The van der Waals surface area contributed by atoms with Gasteiger partial charge in [0.2, 0.25) is 0 Å². The van der Waals surface area contributed by atoms with Crippen LogP contribution in [-0.4, -0.2) is 10.8 Å². The molecule has 0 bridgehead atoms. The number of carbonyl (C=O) groups excluding carboxylic acids is 1. The standard InChI is InChI=1S/C13H11NO3/c1-7(15)11-8(2)16-17-13-12(11)9-5-3-4-6-10(9)14-13/h3-6,14H,1-2H3. The van der Waals surface area contributed by atoms with E-state index in [9.17, 15) is 4.79 Å². The Balaban J connectivity index is 2.39. The molecule has 0 unspecified atom stereocenters. The Morgan fingerprint density at radius 2 is 2.00 bits per heavy atom. The second-order valence-corrected chi connectivity index (χ2v) is 4.03. The lowest BCUT2D eigenvalue weighted by Crippen LogP contribution is -2.10. The highest BCUT2D eigenvalue weighted by Crippen LogP contribution is 2.39. The molecule has 1 aromatic carbocycles. The molecule has 0 radical (unpaired) electrons. The third kappa shape index (κ3) is 1.34.